The first-order chi connectivity index (χ1) is 6.68. The van der Waals surface area contributed by atoms with Crippen molar-refractivity contribution in [3.63, 3.8) is 0 Å². The Kier molecular flexibility index (Phi) is 3.77. The van der Waals surface area contributed by atoms with E-state index in [1.807, 2.05) is 30.3 Å². The highest BCUT2D eigenvalue weighted by Crippen LogP contribution is 2.26. The minimum Gasteiger partial charge on any atom is -0.459 e. The Morgan fingerprint density at radius 1 is 1.20 bits per heavy atom. The van der Waals surface area contributed by atoms with Crippen molar-refractivity contribution in [3.05, 3.63) is 36.1 Å². The van der Waals surface area contributed by atoms with Crippen LogP contribution in [0.1, 0.15) is 25.6 Å². The number of fused-ring (bicyclic) bond motifs is 1. The average Bonchev–Trinajstić information content (AvgIpc) is 2.59. The number of furan rings is 1. The number of hydrogen-bond acceptors (Lipinski definition) is 2. The van der Waals surface area contributed by atoms with Gasteiger partial charge in [-0.15, -0.1) is 12.4 Å². The third-order valence-corrected chi connectivity index (χ3v) is 2.49. The molecule has 82 valence electrons. The van der Waals surface area contributed by atoms with Gasteiger partial charge >= 0.3 is 0 Å². The number of para-hydroxylation sites is 1. The molecule has 2 nitrogen and oxygen atoms in total. The molecule has 1 heterocycles. The summed E-state index contributed by atoms with van der Waals surface area (Å²) >= 11 is 0. The topological polar surface area (TPSA) is 39.2 Å². The number of rotatable bonds is 2. The lowest BCUT2D eigenvalue weighted by Crippen LogP contribution is -2.15. The van der Waals surface area contributed by atoms with E-state index in [1.165, 1.54) is 0 Å². The van der Waals surface area contributed by atoms with Crippen LogP contribution in [0.3, 0.4) is 0 Å². The lowest BCUT2D eigenvalue weighted by molar-refractivity contribution is 0.418. The second kappa shape index (κ2) is 4.69. The average molecular weight is 226 g/mol. The summed E-state index contributed by atoms with van der Waals surface area (Å²) in [6.45, 7) is 4.19. The molecule has 0 aliphatic carbocycles. The number of hydrogen-bond donors (Lipinski definition) is 1. The molecule has 2 N–H and O–H groups in total. The molecule has 3 heteroatoms. The van der Waals surface area contributed by atoms with E-state index in [1.54, 1.807) is 0 Å². The molecule has 0 aliphatic rings. The van der Waals surface area contributed by atoms with Gasteiger partial charge in [-0.05, 0) is 18.1 Å². The van der Waals surface area contributed by atoms with E-state index < -0.39 is 0 Å². The van der Waals surface area contributed by atoms with Gasteiger partial charge in [-0.2, -0.15) is 0 Å². The van der Waals surface area contributed by atoms with E-state index in [2.05, 4.69) is 13.8 Å². The maximum absolute atomic E-state index is 6.01. The molecule has 15 heavy (non-hydrogen) atoms. The Morgan fingerprint density at radius 2 is 1.87 bits per heavy atom. The van der Waals surface area contributed by atoms with Crippen molar-refractivity contribution < 1.29 is 4.42 Å². The molecule has 1 atom stereocenters. The predicted octanol–water partition coefficient (Wildman–Crippen LogP) is 3.51. The molecule has 0 bridgehead atoms. The summed E-state index contributed by atoms with van der Waals surface area (Å²) in [5, 5.41) is 1.12. The minimum atomic E-state index is -0.0117. The fourth-order valence-corrected chi connectivity index (χ4v) is 1.50. The summed E-state index contributed by atoms with van der Waals surface area (Å²) in [6.07, 6.45) is 0. The van der Waals surface area contributed by atoms with Gasteiger partial charge in [0.25, 0.3) is 0 Å². The van der Waals surface area contributed by atoms with E-state index >= 15 is 0 Å². The van der Waals surface area contributed by atoms with E-state index in [0.29, 0.717) is 5.92 Å². The molecule has 2 rings (SSSR count). The second-order valence-corrected chi connectivity index (χ2v) is 3.96. The molecule has 0 amide bonds. The third kappa shape index (κ3) is 2.33. The first kappa shape index (κ1) is 12.1. The molecule has 2 aromatic rings. The Bertz CT molecular complexity index is 403. The zero-order valence-electron chi connectivity index (χ0n) is 8.94. The van der Waals surface area contributed by atoms with Crippen LogP contribution in [0.5, 0.6) is 0 Å². The smallest absolute Gasteiger partial charge is 0.134 e. The normalized spacial score (nSPS) is 12.8. The molecule has 0 aliphatic heterocycles. The first-order valence-electron chi connectivity index (χ1n) is 4.92. The molecule has 0 fully saturated rings. The Labute approximate surface area is 95.9 Å². The van der Waals surface area contributed by atoms with Crippen LogP contribution in [0, 0.1) is 5.92 Å². The van der Waals surface area contributed by atoms with Crippen molar-refractivity contribution >= 4 is 23.4 Å². The maximum Gasteiger partial charge on any atom is 0.134 e. The SMILES string of the molecule is CC(C)[C@H](N)c1cc2ccccc2o1.Cl. The fraction of sp³-hybridized carbons (Fsp3) is 0.333. The van der Waals surface area contributed by atoms with Crippen LogP contribution in [-0.4, -0.2) is 0 Å². The number of benzene rings is 1. The van der Waals surface area contributed by atoms with Gasteiger partial charge < -0.3 is 10.2 Å². The highest BCUT2D eigenvalue weighted by Gasteiger charge is 2.14. The van der Waals surface area contributed by atoms with Crippen molar-refractivity contribution in [2.75, 3.05) is 0 Å². The van der Waals surface area contributed by atoms with Crippen LogP contribution in [0.2, 0.25) is 0 Å². The lowest BCUT2D eigenvalue weighted by Gasteiger charge is -2.11. The zero-order valence-corrected chi connectivity index (χ0v) is 9.75. The van der Waals surface area contributed by atoms with Gasteiger partial charge in [0.2, 0.25) is 0 Å². The molecule has 1 aromatic heterocycles. The number of halogens is 1. The molecule has 1 aromatic carbocycles. The number of nitrogens with two attached hydrogens (primary N) is 1. The molecule has 0 saturated heterocycles. The van der Waals surface area contributed by atoms with Crippen LogP contribution in [-0.2, 0) is 0 Å². The standard InChI is InChI=1S/C12H15NO.ClH/c1-8(2)12(13)11-7-9-5-3-4-6-10(9)14-11;/h3-8,12H,13H2,1-2H3;1H/t12-;/m0./s1. The van der Waals surface area contributed by atoms with E-state index in [-0.39, 0.29) is 18.4 Å². The Balaban J connectivity index is 0.00000112. The molecule has 0 spiro atoms. The van der Waals surface area contributed by atoms with Gasteiger partial charge in [0.05, 0.1) is 6.04 Å². The van der Waals surface area contributed by atoms with Crippen LogP contribution in [0.25, 0.3) is 11.0 Å². The third-order valence-electron chi connectivity index (χ3n) is 2.49. The second-order valence-electron chi connectivity index (χ2n) is 3.96. The molecule has 0 unspecified atom stereocenters. The van der Waals surface area contributed by atoms with E-state index in [0.717, 1.165) is 16.7 Å². The monoisotopic (exact) mass is 225 g/mol. The summed E-state index contributed by atoms with van der Waals surface area (Å²) in [5.74, 6) is 1.27. The fourth-order valence-electron chi connectivity index (χ4n) is 1.50. The minimum absolute atomic E-state index is 0. The van der Waals surface area contributed by atoms with E-state index in [4.69, 9.17) is 10.2 Å². The Morgan fingerprint density at radius 3 is 2.47 bits per heavy atom. The summed E-state index contributed by atoms with van der Waals surface area (Å²) < 4.78 is 5.67. The summed E-state index contributed by atoms with van der Waals surface area (Å²) in [7, 11) is 0. The van der Waals surface area contributed by atoms with Crippen LogP contribution < -0.4 is 5.73 Å². The highest BCUT2D eigenvalue weighted by atomic mass is 35.5. The van der Waals surface area contributed by atoms with Crippen LogP contribution in [0.15, 0.2) is 34.7 Å². The quantitative estimate of drug-likeness (QED) is 0.850. The van der Waals surface area contributed by atoms with Gasteiger partial charge in [0.1, 0.15) is 11.3 Å². The van der Waals surface area contributed by atoms with Crippen LogP contribution in [0.4, 0.5) is 0 Å². The van der Waals surface area contributed by atoms with E-state index in [9.17, 15) is 0 Å². The zero-order chi connectivity index (χ0) is 10.1. The van der Waals surface area contributed by atoms with Gasteiger partial charge in [-0.1, -0.05) is 32.0 Å². The molecule has 0 saturated carbocycles. The maximum atomic E-state index is 6.01. The van der Waals surface area contributed by atoms with Gasteiger partial charge in [-0.25, -0.2) is 0 Å². The van der Waals surface area contributed by atoms with Crippen molar-refractivity contribution in [3.8, 4) is 0 Å². The van der Waals surface area contributed by atoms with Gasteiger partial charge in [-0.3, -0.25) is 0 Å². The highest BCUT2D eigenvalue weighted by molar-refractivity contribution is 5.85. The summed E-state index contributed by atoms with van der Waals surface area (Å²) in [4.78, 5) is 0. The molecular weight excluding hydrogens is 210 g/mol. The van der Waals surface area contributed by atoms with Crippen molar-refractivity contribution in [2.45, 2.75) is 19.9 Å². The molecule has 0 radical (unpaired) electrons. The largest absolute Gasteiger partial charge is 0.459 e. The van der Waals surface area contributed by atoms with Gasteiger partial charge in [0, 0.05) is 5.39 Å². The first-order valence-corrected chi connectivity index (χ1v) is 4.92. The summed E-state index contributed by atoms with van der Waals surface area (Å²) in [5.41, 5.74) is 6.92. The van der Waals surface area contributed by atoms with Crippen LogP contribution >= 0.6 is 12.4 Å². The Hall–Kier alpha value is -0.990. The van der Waals surface area contributed by atoms with Crippen molar-refractivity contribution in [2.24, 2.45) is 11.7 Å². The molecular formula is C12H16ClNO. The summed E-state index contributed by atoms with van der Waals surface area (Å²) in [6, 6.07) is 9.99. The van der Waals surface area contributed by atoms with Gasteiger partial charge in [0.15, 0.2) is 0 Å². The van der Waals surface area contributed by atoms with Crippen molar-refractivity contribution in [1.82, 2.24) is 0 Å². The van der Waals surface area contributed by atoms with Crippen molar-refractivity contribution in [1.29, 1.82) is 0 Å². The predicted molar refractivity (Wildman–Crippen MR) is 65.2 cm³/mol. The lowest BCUT2D eigenvalue weighted by atomic mass is 10.0.